The van der Waals surface area contributed by atoms with Crippen LogP contribution in [0.15, 0.2) is 48.6 Å². The smallest absolute Gasteiger partial charge is 0.235 e. The minimum Gasteiger partial charge on any atom is -0.288 e. The minimum absolute atomic E-state index is 0.117. The van der Waals surface area contributed by atoms with E-state index < -0.39 is 0 Å². The largest absolute Gasteiger partial charge is 0.288 e. The Labute approximate surface area is 138 Å². The molecule has 1 aromatic heterocycles. The molecule has 1 aromatic carbocycles. The zero-order valence-corrected chi connectivity index (χ0v) is 13.7. The van der Waals surface area contributed by atoms with Gasteiger partial charge in [-0.05, 0) is 18.6 Å². The number of anilines is 1. The summed E-state index contributed by atoms with van der Waals surface area (Å²) in [6, 6.07) is 9.84. The number of thiazole rings is 1. The van der Waals surface area contributed by atoms with Crippen molar-refractivity contribution in [3.8, 4) is 0 Å². The van der Waals surface area contributed by atoms with Gasteiger partial charge in [-0.2, -0.15) is 0 Å². The lowest BCUT2D eigenvalue weighted by molar-refractivity contribution is -0.118. The quantitative estimate of drug-likeness (QED) is 0.369. The van der Waals surface area contributed by atoms with Crippen LogP contribution in [0.3, 0.4) is 0 Å². The maximum Gasteiger partial charge on any atom is 0.235 e. The Morgan fingerprint density at radius 3 is 2.61 bits per heavy atom. The van der Waals surface area contributed by atoms with Crippen molar-refractivity contribution < 1.29 is 9.59 Å². The van der Waals surface area contributed by atoms with Gasteiger partial charge in [-0.3, -0.25) is 20.4 Å². The molecule has 0 aliphatic heterocycles. The molecule has 0 saturated carbocycles. The standard InChI is InChI=1S/C17H17N3O2S/c1-12-16(23-17(18-12)20-19-13(2)21)15(22)11-7-6-10-14-8-4-3-5-9-14/h3-11H,1-2H3,(H,18,20)(H,19,21). The first kappa shape index (κ1) is 16.6. The van der Waals surface area contributed by atoms with Gasteiger partial charge in [0.15, 0.2) is 5.78 Å². The zero-order chi connectivity index (χ0) is 16.7. The second-order valence-corrected chi connectivity index (χ2v) is 5.73. The molecule has 0 bridgehead atoms. The number of hydrogen-bond donors (Lipinski definition) is 2. The maximum absolute atomic E-state index is 12.2. The van der Waals surface area contributed by atoms with Gasteiger partial charge in [0, 0.05) is 6.92 Å². The van der Waals surface area contributed by atoms with E-state index in [1.165, 1.54) is 24.3 Å². The Balaban J connectivity index is 1.99. The first-order chi connectivity index (χ1) is 11.1. The van der Waals surface area contributed by atoms with E-state index in [2.05, 4.69) is 15.8 Å². The number of nitrogens with zero attached hydrogens (tertiary/aromatic N) is 1. The molecule has 0 atom stereocenters. The third kappa shape index (κ3) is 5.19. The van der Waals surface area contributed by atoms with E-state index in [0.29, 0.717) is 15.7 Å². The number of carbonyl (C=O) groups excluding carboxylic acids is 2. The highest BCUT2D eigenvalue weighted by Gasteiger charge is 2.12. The van der Waals surface area contributed by atoms with E-state index in [4.69, 9.17) is 0 Å². The third-order valence-corrected chi connectivity index (χ3v) is 3.90. The van der Waals surface area contributed by atoms with Crippen molar-refractivity contribution >= 4 is 34.2 Å². The summed E-state index contributed by atoms with van der Waals surface area (Å²) >= 11 is 1.20. The van der Waals surface area contributed by atoms with Crippen LogP contribution in [0.4, 0.5) is 5.13 Å². The van der Waals surface area contributed by atoms with Crippen molar-refractivity contribution in [3.05, 3.63) is 64.7 Å². The first-order valence-electron chi connectivity index (χ1n) is 7.00. The number of aryl methyl sites for hydroxylation is 1. The molecule has 2 N–H and O–H groups in total. The van der Waals surface area contributed by atoms with E-state index in [1.54, 1.807) is 13.0 Å². The molecular formula is C17H17N3O2S. The van der Waals surface area contributed by atoms with Crippen LogP contribution in [0.1, 0.15) is 27.9 Å². The lowest BCUT2D eigenvalue weighted by Gasteiger charge is -1.99. The Bertz CT molecular complexity index is 748. The highest BCUT2D eigenvalue weighted by Crippen LogP contribution is 2.22. The zero-order valence-electron chi connectivity index (χ0n) is 12.9. The van der Waals surface area contributed by atoms with Crippen LogP contribution in [-0.4, -0.2) is 16.7 Å². The lowest BCUT2D eigenvalue weighted by Crippen LogP contribution is -2.26. The molecule has 0 saturated heterocycles. The molecule has 2 rings (SSSR count). The van der Waals surface area contributed by atoms with Gasteiger partial charge in [0.1, 0.15) is 0 Å². The predicted molar refractivity (Wildman–Crippen MR) is 93.2 cm³/mol. The fraction of sp³-hybridized carbons (Fsp3) is 0.118. The first-order valence-corrected chi connectivity index (χ1v) is 7.82. The molecule has 6 heteroatoms. The normalized spacial score (nSPS) is 11.0. The molecule has 0 aliphatic carbocycles. The fourth-order valence-corrected chi connectivity index (χ4v) is 2.61. The van der Waals surface area contributed by atoms with Crippen LogP contribution in [0.25, 0.3) is 6.08 Å². The van der Waals surface area contributed by atoms with Gasteiger partial charge in [0.05, 0.1) is 10.6 Å². The van der Waals surface area contributed by atoms with E-state index >= 15 is 0 Å². The lowest BCUT2D eigenvalue weighted by atomic mass is 10.2. The van der Waals surface area contributed by atoms with Crippen molar-refractivity contribution in [2.45, 2.75) is 13.8 Å². The highest BCUT2D eigenvalue weighted by atomic mass is 32.1. The van der Waals surface area contributed by atoms with Crippen molar-refractivity contribution in [2.75, 3.05) is 5.43 Å². The SMILES string of the molecule is CC(=O)NNc1nc(C)c(C(=O)C=CC=Cc2ccccc2)s1. The number of nitrogens with one attached hydrogen (secondary N) is 2. The van der Waals surface area contributed by atoms with Crippen molar-refractivity contribution in [2.24, 2.45) is 0 Å². The number of hydrazine groups is 1. The Morgan fingerprint density at radius 1 is 1.17 bits per heavy atom. The molecule has 0 aliphatic rings. The average Bonchev–Trinajstić information content (AvgIpc) is 2.91. The summed E-state index contributed by atoms with van der Waals surface area (Å²) in [5.74, 6) is -0.342. The molecule has 23 heavy (non-hydrogen) atoms. The second kappa shape index (κ2) is 8.05. The summed E-state index contributed by atoms with van der Waals surface area (Å²) in [7, 11) is 0. The molecular weight excluding hydrogens is 310 g/mol. The molecule has 0 spiro atoms. The van der Waals surface area contributed by atoms with Crippen LogP contribution in [-0.2, 0) is 4.79 Å². The average molecular weight is 327 g/mol. The molecule has 2 aromatic rings. The minimum atomic E-state index is -0.225. The molecule has 0 unspecified atom stereocenters. The second-order valence-electron chi connectivity index (χ2n) is 4.73. The van der Waals surface area contributed by atoms with Gasteiger partial charge < -0.3 is 0 Å². The van der Waals surface area contributed by atoms with Crippen molar-refractivity contribution in [3.63, 3.8) is 0 Å². The molecule has 118 valence electrons. The van der Waals surface area contributed by atoms with Crippen molar-refractivity contribution in [1.29, 1.82) is 0 Å². The Hall–Kier alpha value is -2.73. The monoisotopic (exact) mass is 327 g/mol. The van der Waals surface area contributed by atoms with Crippen LogP contribution in [0.5, 0.6) is 0 Å². The topological polar surface area (TPSA) is 71.1 Å². The Kier molecular flexibility index (Phi) is 5.82. The summed E-state index contributed by atoms with van der Waals surface area (Å²) in [6.07, 6.45) is 6.95. The summed E-state index contributed by atoms with van der Waals surface area (Å²) in [5.41, 5.74) is 6.80. The number of ketones is 1. The summed E-state index contributed by atoms with van der Waals surface area (Å²) < 4.78 is 0. The van der Waals surface area contributed by atoms with Crippen LogP contribution in [0, 0.1) is 6.92 Å². The van der Waals surface area contributed by atoms with Crippen LogP contribution >= 0.6 is 11.3 Å². The number of rotatable bonds is 6. The number of hydrogen-bond acceptors (Lipinski definition) is 5. The summed E-state index contributed by atoms with van der Waals surface area (Å²) in [6.45, 7) is 3.15. The highest BCUT2D eigenvalue weighted by molar-refractivity contribution is 7.17. The van der Waals surface area contributed by atoms with E-state index in [0.717, 1.165) is 5.56 Å². The van der Waals surface area contributed by atoms with E-state index in [9.17, 15) is 9.59 Å². The Morgan fingerprint density at radius 2 is 1.91 bits per heavy atom. The van der Waals surface area contributed by atoms with Gasteiger partial charge in [-0.15, -0.1) is 0 Å². The van der Waals surface area contributed by atoms with Gasteiger partial charge in [-0.25, -0.2) is 4.98 Å². The van der Waals surface area contributed by atoms with E-state index in [-0.39, 0.29) is 11.7 Å². The maximum atomic E-state index is 12.2. The third-order valence-electron chi connectivity index (χ3n) is 2.81. The van der Waals surface area contributed by atoms with Crippen LogP contribution in [0.2, 0.25) is 0 Å². The van der Waals surface area contributed by atoms with Crippen LogP contribution < -0.4 is 10.9 Å². The number of benzene rings is 1. The van der Waals surface area contributed by atoms with E-state index in [1.807, 2.05) is 42.5 Å². The number of allylic oxidation sites excluding steroid dienone is 3. The number of amides is 1. The predicted octanol–water partition coefficient (Wildman–Crippen LogP) is 3.37. The molecule has 0 fully saturated rings. The fourth-order valence-electron chi connectivity index (χ4n) is 1.77. The molecule has 1 amide bonds. The van der Waals surface area contributed by atoms with Gasteiger partial charge >= 0.3 is 0 Å². The summed E-state index contributed by atoms with van der Waals surface area (Å²) in [5, 5.41) is 0.481. The molecule has 1 heterocycles. The molecule has 5 nitrogen and oxygen atoms in total. The van der Waals surface area contributed by atoms with Gasteiger partial charge in [0.2, 0.25) is 11.0 Å². The molecule has 0 radical (unpaired) electrons. The van der Waals surface area contributed by atoms with Gasteiger partial charge in [-0.1, -0.05) is 59.9 Å². The number of carbonyl (C=O) groups is 2. The summed E-state index contributed by atoms with van der Waals surface area (Å²) in [4.78, 5) is 27.8. The van der Waals surface area contributed by atoms with Gasteiger partial charge in [0.25, 0.3) is 0 Å². The number of aromatic nitrogens is 1. The van der Waals surface area contributed by atoms with Crippen molar-refractivity contribution in [1.82, 2.24) is 10.4 Å².